The van der Waals surface area contributed by atoms with Crippen LogP contribution in [-0.4, -0.2) is 22.7 Å². The van der Waals surface area contributed by atoms with E-state index in [4.69, 9.17) is 5.73 Å². The number of aromatic amines is 1. The van der Waals surface area contributed by atoms with Gasteiger partial charge in [0.15, 0.2) is 0 Å². The molecule has 0 aliphatic carbocycles. The molecule has 2 aromatic rings. The van der Waals surface area contributed by atoms with E-state index in [0.717, 1.165) is 16.5 Å². The lowest BCUT2D eigenvalue weighted by molar-refractivity contribution is 0.158. The number of aromatic nitrogens is 1. The van der Waals surface area contributed by atoms with E-state index >= 15 is 0 Å². The Balaban J connectivity index is 2.43. The second kappa shape index (κ2) is 4.04. The number of benzene rings is 1. The number of nitrogens with one attached hydrogen (secondary N) is 1. The molecule has 0 aliphatic rings. The molecule has 3 heteroatoms. The molecular weight excluding hydrogens is 188 g/mol. The Morgan fingerprint density at radius 2 is 2.13 bits per heavy atom. The van der Waals surface area contributed by atoms with Crippen molar-refractivity contribution in [2.75, 3.05) is 6.54 Å². The fourth-order valence-electron chi connectivity index (χ4n) is 1.88. The molecule has 0 aliphatic heterocycles. The van der Waals surface area contributed by atoms with Crippen LogP contribution in [0.3, 0.4) is 0 Å². The first-order valence-electron chi connectivity index (χ1n) is 5.18. The third-order valence-corrected chi connectivity index (χ3v) is 2.93. The third-order valence-electron chi connectivity index (χ3n) is 2.93. The van der Waals surface area contributed by atoms with Crippen molar-refractivity contribution >= 4 is 10.9 Å². The minimum atomic E-state index is -0.482. The predicted octanol–water partition coefficient (Wildman–Crippen LogP) is 1.59. The SMILES string of the molecule is CC(c1c[nH]c2ccccc12)C(O)CN. The lowest BCUT2D eigenvalue weighted by Gasteiger charge is -2.16. The first-order chi connectivity index (χ1) is 7.24. The Kier molecular flexibility index (Phi) is 2.75. The summed E-state index contributed by atoms with van der Waals surface area (Å²) in [5, 5.41) is 10.9. The van der Waals surface area contributed by atoms with Gasteiger partial charge in [-0.1, -0.05) is 25.1 Å². The summed E-state index contributed by atoms with van der Waals surface area (Å²) in [6.07, 6.45) is 1.47. The first kappa shape index (κ1) is 10.2. The fourth-order valence-corrected chi connectivity index (χ4v) is 1.88. The van der Waals surface area contributed by atoms with Crippen LogP contribution in [0.4, 0.5) is 0 Å². The molecule has 2 unspecified atom stereocenters. The average Bonchev–Trinajstić information content (AvgIpc) is 2.70. The summed E-state index contributed by atoms with van der Waals surface area (Å²) in [6, 6.07) is 8.08. The lowest BCUT2D eigenvalue weighted by Crippen LogP contribution is -2.25. The van der Waals surface area contributed by atoms with E-state index in [9.17, 15) is 5.11 Å². The Hall–Kier alpha value is -1.32. The Morgan fingerprint density at radius 3 is 2.87 bits per heavy atom. The molecule has 80 valence electrons. The number of para-hydroxylation sites is 1. The molecule has 1 heterocycles. The summed E-state index contributed by atoms with van der Waals surface area (Å²) in [7, 11) is 0. The molecule has 0 amide bonds. The number of fused-ring (bicyclic) bond motifs is 1. The highest BCUT2D eigenvalue weighted by atomic mass is 16.3. The minimum Gasteiger partial charge on any atom is -0.391 e. The Morgan fingerprint density at radius 1 is 1.40 bits per heavy atom. The highest BCUT2D eigenvalue weighted by molar-refractivity contribution is 5.83. The smallest absolute Gasteiger partial charge is 0.0728 e. The second-order valence-corrected chi connectivity index (χ2v) is 3.88. The number of nitrogens with two attached hydrogens (primary N) is 1. The maximum absolute atomic E-state index is 9.72. The normalized spacial score (nSPS) is 15.4. The van der Waals surface area contributed by atoms with Crippen LogP contribution >= 0.6 is 0 Å². The van der Waals surface area contributed by atoms with Crippen molar-refractivity contribution in [2.45, 2.75) is 18.9 Å². The zero-order chi connectivity index (χ0) is 10.8. The molecular formula is C12H16N2O. The van der Waals surface area contributed by atoms with E-state index in [2.05, 4.69) is 11.1 Å². The molecule has 0 fully saturated rings. The van der Waals surface area contributed by atoms with Gasteiger partial charge in [0, 0.05) is 29.6 Å². The summed E-state index contributed by atoms with van der Waals surface area (Å²) in [4.78, 5) is 3.20. The predicted molar refractivity (Wildman–Crippen MR) is 61.8 cm³/mol. The zero-order valence-corrected chi connectivity index (χ0v) is 8.77. The highest BCUT2D eigenvalue weighted by Crippen LogP contribution is 2.27. The van der Waals surface area contributed by atoms with Crippen LogP contribution in [0.2, 0.25) is 0 Å². The van der Waals surface area contributed by atoms with Gasteiger partial charge in [-0.15, -0.1) is 0 Å². The molecule has 0 spiro atoms. The van der Waals surface area contributed by atoms with E-state index < -0.39 is 6.10 Å². The standard InChI is InChI=1S/C12H16N2O/c1-8(12(15)6-13)10-7-14-11-5-3-2-4-9(10)11/h2-5,7-8,12,14-15H,6,13H2,1H3. The fraction of sp³-hybridized carbons (Fsp3) is 0.333. The van der Waals surface area contributed by atoms with E-state index in [1.54, 1.807) is 0 Å². The number of H-pyrrole nitrogens is 1. The molecule has 0 bridgehead atoms. The molecule has 15 heavy (non-hydrogen) atoms. The van der Waals surface area contributed by atoms with Gasteiger partial charge in [0.2, 0.25) is 0 Å². The molecule has 3 nitrogen and oxygen atoms in total. The lowest BCUT2D eigenvalue weighted by atomic mass is 9.95. The van der Waals surface area contributed by atoms with Crippen molar-refractivity contribution in [2.24, 2.45) is 5.73 Å². The van der Waals surface area contributed by atoms with Gasteiger partial charge >= 0.3 is 0 Å². The van der Waals surface area contributed by atoms with Gasteiger partial charge < -0.3 is 15.8 Å². The number of rotatable bonds is 3. The molecule has 1 aromatic carbocycles. The van der Waals surface area contributed by atoms with Gasteiger partial charge in [-0.3, -0.25) is 0 Å². The number of aliphatic hydroxyl groups excluding tert-OH is 1. The van der Waals surface area contributed by atoms with Crippen LogP contribution < -0.4 is 5.73 Å². The highest BCUT2D eigenvalue weighted by Gasteiger charge is 2.17. The third kappa shape index (κ3) is 1.76. The van der Waals surface area contributed by atoms with Crippen LogP contribution in [0.15, 0.2) is 30.5 Å². The zero-order valence-electron chi connectivity index (χ0n) is 8.77. The monoisotopic (exact) mass is 204 g/mol. The second-order valence-electron chi connectivity index (χ2n) is 3.88. The molecule has 0 radical (unpaired) electrons. The van der Waals surface area contributed by atoms with Crippen molar-refractivity contribution in [1.29, 1.82) is 0 Å². The summed E-state index contributed by atoms with van der Waals surface area (Å²) in [5.41, 5.74) is 7.69. The van der Waals surface area contributed by atoms with Gasteiger partial charge in [-0.05, 0) is 11.6 Å². The Labute approximate surface area is 88.9 Å². The van der Waals surface area contributed by atoms with E-state index in [1.807, 2.05) is 31.3 Å². The van der Waals surface area contributed by atoms with Gasteiger partial charge in [-0.25, -0.2) is 0 Å². The van der Waals surface area contributed by atoms with Crippen molar-refractivity contribution < 1.29 is 5.11 Å². The molecule has 2 rings (SSSR count). The molecule has 1 aromatic heterocycles. The molecule has 4 N–H and O–H groups in total. The maximum atomic E-state index is 9.72. The van der Waals surface area contributed by atoms with E-state index in [1.165, 1.54) is 0 Å². The number of hydrogen-bond donors (Lipinski definition) is 3. The summed E-state index contributed by atoms with van der Waals surface area (Å²) in [6.45, 7) is 2.29. The van der Waals surface area contributed by atoms with Gasteiger partial charge in [0.05, 0.1) is 6.10 Å². The van der Waals surface area contributed by atoms with Gasteiger partial charge in [-0.2, -0.15) is 0 Å². The van der Waals surface area contributed by atoms with Crippen LogP contribution in [-0.2, 0) is 0 Å². The van der Waals surface area contributed by atoms with Crippen LogP contribution in [0.5, 0.6) is 0 Å². The summed E-state index contributed by atoms with van der Waals surface area (Å²) >= 11 is 0. The first-order valence-corrected chi connectivity index (χ1v) is 5.18. The summed E-state index contributed by atoms with van der Waals surface area (Å²) in [5.74, 6) is 0.0612. The Bertz CT molecular complexity index is 450. The van der Waals surface area contributed by atoms with Crippen molar-refractivity contribution in [3.63, 3.8) is 0 Å². The van der Waals surface area contributed by atoms with Gasteiger partial charge in [0.1, 0.15) is 0 Å². The molecule has 0 saturated carbocycles. The van der Waals surface area contributed by atoms with Crippen LogP contribution in [0.25, 0.3) is 10.9 Å². The minimum absolute atomic E-state index is 0.0612. The van der Waals surface area contributed by atoms with Crippen molar-refractivity contribution in [1.82, 2.24) is 4.98 Å². The summed E-state index contributed by atoms with van der Waals surface area (Å²) < 4.78 is 0. The van der Waals surface area contributed by atoms with Gasteiger partial charge in [0.25, 0.3) is 0 Å². The maximum Gasteiger partial charge on any atom is 0.0728 e. The largest absolute Gasteiger partial charge is 0.391 e. The van der Waals surface area contributed by atoms with E-state index in [-0.39, 0.29) is 5.92 Å². The molecule has 0 saturated heterocycles. The number of aliphatic hydroxyl groups is 1. The van der Waals surface area contributed by atoms with Crippen molar-refractivity contribution in [3.8, 4) is 0 Å². The molecule has 2 atom stereocenters. The van der Waals surface area contributed by atoms with Crippen LogP contribution in [0, 0.1) is 0 Å². The average molecular weight is 204 g/mol. The van der Waals surface area contributed by atoms with Crippen molar-refractivity contribution in [3.05, 3.63) is 36.0 Å². The quantitative estimate of drug-likeness (QED) is 0.711. The van der Waals surface area contributed by atoms with Crippen LogP contribution in [0.1, 0.15) is 18.4 Å². The topological polar surface area (TPSA) is 62.0 Å². The number of hydrogen-bond acceptors (Lipinski definition) is 2. The van der Waals surface area contributed by atoms with E-state index in [0.29, 0.717) is 6.54 Å².